The first-order valence-corrected chi connectivity index (χ1v) is 7.75. The fraction of sp³-hybridized carbons (Fsp3) is 0.500. The minimum atomic E-state index is 0.0112. The SMILES string of the molecule is CCN(C(C)=O)c1nc(CNCc2nc(C)c(C)o2)cs1. The van der Waals surface area contributed by atoms with Crippen molar-refractivity contribution in [2.75, 3.05) is 11.4 Å². The van der Waals surface area contributed by atoms with Crippen LogP contribution < -0.4 is 10.2 Å². The van der Waals surface area contributed by atoms with Crippen molar-refractivity contribution in [2.45, 2.75) is 40.8 Å². The lowest BCUT2D eigenvalue weighted by molar-refractivity contribution is -0.116. The van der Waals surface area contributed by atoms with Gasteiger partial charge in [-0.15, -0.1) is 11.3 Å². The number of aromatic nitrogens is 2. The van der Waals surface area contributed by atoms with Crippen LogP contribution in [0.25, 0.3) is 0 Å². The Labute approximate surface area is 128 Å². The molecule has 0 aliphatic rings. The van der Waals surface area contributed by atoms with Gasteiger partial charge in [-0.05, 0) is 20.8 Å². The summed E-state index contributed by atoms with van der Waals surface area (Å²) in [6.45, 7) is 9.13. The van der Waals surface area contributed by atoms with Gasteiger partial charge in [-0.1, -0.05) is 0 Å². The zero-order valence-electron chi connectivity index (χ0n) is 12.8. The second-order valence-electron chi connectivity index (χ2n) is 4.74. The van der Waals surface area contributed by atoms with Gasteiger partial charge in [-0.3, -0.25) is 9.69 Å². The molecule has 1 amide bonds. The molecule has 114 valence electrons. The van der Waals surface area contributed by atoms with Crippen molar-refractivity contribution in [3.05, 3.63) is 28.4 Å². The molecule has 0 saturated carbocycles. The van der Waals surface area contributed by atoms with Crippen LogP contribution in [0.5, 0.6) is 0 Å². The first kappa shape index (κ1) is 15.7. The summed E-state index contributed by atoms with van der Waals surface area (Å²) in [4.78, 5) is 21.9. The third-order valence-electron chi connectivity index (χ3n) is 3.12. The molecular formula is C14H20N4O2S. The number of anilines is 1. The molecule has 0 spiro atoms. The molecule has 7 heteroatoms. The highest BCUT2D eigenvalue weighted by atomic mass is 32.1. The van der Waals surface area contributed by atoms with E-state index in [0.29, 0.717) is 25.5 Å². The maximum Gasteiger partial charge on any atom is 0.225 e. The van der Waals surface area contributed by atoms with Gasteiger partial charge in [0.2, 0.25) is 11.8 Å². The van der Waals surface area contributed by atoms with Gasteiger partial charge in [0.15, 0.2) is 5.13 Å². The topological polar surface area (TPSA) is 71.3 Å². The average Bonchev–Trinajstić information content (AvgIpc) is 2.99. The van der Waals surface area contributed by atoms with E-state index in [1.165, 1.54) is 11.3 Å². The summed E-state index contributed by atoms with van der Waals surface area (Å²) in [5.41, 5.74) is 1.83. The molecule has 0 aliphatic carbocycles. The summed E-state index contributed by atoms with van der Waals surface area (Å²) in [5, 5.41) is 5.94. The van der Waals surface area contributed by atoms with Crippen LogP contribution in [0, 0.1) is 13.8 Å². The van der Waals surface area contributed by atoms with Gasteiger partial charge in [0.25, 0.3) is 0 Å². The van der Waals surface area contributed by atoms with Crippen LogP contribution in [0.3, 0.4) is 0 Å². The predicted molar refractivity (Wildman–Crippen MR) is 82.3 cm³/mol. The van der Waals surface area contributed by atoms with Crippen LogP contribution in [0.1, 0.15) is 36.9 Å². The van der Waals surface area contributed by atoms with E-state index in [9.17, 15) is 4.79 Å². The van der Waals surface area contributed by atoms with Gasteiger partial charge in [0, 0.05) is 25.4 Å². The monoisotopic (exact) mass is 308 g/mol. The van der Waals surface area contributed by atoms with Crippen LogP contribution in [0.4, 0.5) is 5.13 Å². The second kappa shape index (κ2) is 6.82. The summed E-state index contributed by atoms with van der Waals surface area (Å²) in [7, 11) is 0. The molecule has 2 aromatic rings. The maximum atomic E-state index is 11.5. The molecule has 2 heterocycles. The second-order valence-corrected chi connectivity index (χ2v) is 5.57. The van der Waals surface area contributed by atoms with Gasteiger partial charge in [0.05, 0.1) is 17.9 Å². The Kier molecular flexibility index (Phi) is 5.08. The summed E-state index contributed by atoms with van der Waals surface area (Å²) >= 11 is 1.48. The van der Waals surface area contributed by atoms with Crippen LogP contribution >= 0.6 is 11.3 Å². The van der Waals surface area contributed by atoms with Crippen molar-refractivity contribution in [3.63, 3.8) is 0 Å². The Balaban J connectivity index is 1.89. The minimum absolute atomic E-state index is 0.0112. The first-order chi connectivity index (χ1) is 10.0. The number of nitrogens with zero attached hydrogens (tertiary/aromatic N) is 3. The van der Waals surface area contributed by atoms with E-state index >= 15 is 0 Å². The zero-order chi connectivity index (χ0) is 15.4. The summed E-state index contributed by atoms with van der Waals surface area (Å²) in [5.74, 6) is 1.54. The molecule has 0 aromatic carbocycles. The van der Waals surface area contributed by atoms with Gasteiger partial charge in [0.1, 0.15) is 5.76 Å². The fourth-order valence-corrected chi connectivity index (χ4v) is 2.84. The van der Waals surface area contributed by atoms with E-state index in [4.69, 9.17) is 4.42 Å². The van der Waals surface area contributed by atoms with Gasteiger partial charge >= 0.3 is 0 Å². The number of rotatable bonds is 6. The standard InChI is InChI=1S/C14H20N4O2S/c1-5-18(11(4)19)14-17-12(8-21-14)6-15-7-13-16-9(2)10(3)20-13/h8,15H,5-7H2,1-4H3. The number of hydrogen-bond acceptors (Lipinski definition) is 6. The number of carbonyl (C=O) groups is 1. The van der Waals surface area contributed by atoms with E-state index in [1.807, 2.05) is 26.2 Å². The Bertz CT molecular complexity index is 601. The normalized spacial score (nSPS) is 10.9. The number of nitrogens with one attached hydrogen (secondary N) is 1. The lowest BCUT2D eigenvalue weighted by Crippen LogP contribution is -2.27. The van der Waals surface area contributed by atoms with E-state index in [2.05, 4.69) is 15.3 Å². The fourth-order valence-electron chi connectivity index (χ4n) is 1.91. The van der Waals surface area contributed by atoms with Crippen LogP contribution in [-0.2, 0) is 17.9 Å². The minimum Gasteiger partial charge on any atom is -0.444 e. The zero-order valence-corrected chi connectivity index (χ0v) is 13.6. The third-order valence-corrected chi connectivity index (χ3v) is 4.03. The quantitative estimate of drug-likeness (QED) is 0.887. The summed E-state index contributed by atoms with van der Waals surface area (Å²) in [6, 6.07) is 0. The molecule has 0 saturated heterocycles. The van der Waals surface area contributed by atoms with Crippen molar-refractivity contribution >= 4 is 22.4 Å². The molecule has 0 unspecified atom stereocenters. The molecule has 0 fully saturated rings. The number of amides is 1. The van der Waals surface area contributed by atoms with Crippen molar-refractivity contribution in [1.29, 1.82) is 0 Å². The molecule has 0 bridgehead atoms. The van der Waals surface area contributed by atoms with Crippen LogP contribution in [0.15, 0.2) is 9.80 Å². The molecule has 0 atom stereocenters. The molecule has 0 radical (unpaired) electrons. The van der Waals surface area contributed by atoms with E-state index < -0.39 is 0 Å². The predicted octanol–water partition coefficient (Wildman–Crippen LogP) is 2.41. The Hall–Kier alpha value is -1.73. The Morgan fingerprint density at radius 1 is 1.38 bits per heavy atom. The lowest BCUT2D eigenvalue weighted by Gasteiger charge is -2.14. The molecule has 2 rings (SSSR count). The third kappa shape index (κ3) is 3.89. The van der Waals surface area contributed by atoms with Gasteiger partial charge < -0.3 is 9.73 Å². The summed E-state index contributed by atoms with van der Waals surface area (Å²) in [6.07, 6.45) is 0. The van der Waals surface area contributed by atoms with Crippen molar-refractivity contribution < 1.29 is 9.21 Å². The lowest BCUT2D eigenvalue weighted by atomic mass is 10.4. The number of oxazole rings is 1. The highest BCUT2D eigenvalue weighted by molar-refractivity contribution is 7.14. The number of hydrogen-bond donors (Lipinski definition) is 1. The largest absolute Gasteiger partial charge is 0.444 e. The van der Waals surface area contributed by atoms with E-state index in [0.717, 1.165) is 22.3 Å². The highest BCUT2D eigenvalue weighted by Gasteiger charge is 2.13. The smallest absolute Gasteiger partial charge is 0.225 e. The van der Waals surface area contributed by atoms with Gasteiger partial charge in [-0.2, -0.15) is 0 Å². The molecule has 0 aliphatic heterocycles. The maximum absolute atomic E-state index is 11.5. The number of thiazole rings is 1. The van der Waals surface area contributed by atoms with E-state index in [1.54, 1.807) is 11.8 Å². The molecule has 21 heavy (non-hydrogen) atoms. The first-order valence-electron chi connectivity index (χ1n) is 6.87. The average molecular weight is 308 g/mol. The van der Waals surface area contributed by atoms with Crippen molar-refractivity contribution in [2.24, 2.45) is 0 Å². The van der Waals surface area contributed by atoms with Gasteiger partial charge in [-0.25, -0.2) is 9.97 Å². The Morgan fingerprint density at radius 2 is 2.14 bits per heavy atom. The molecule has 2 aromatic heterocycles. The van der Waals surface area contributed by atoms with Crippen LogP contribution in [-0.4, -0.2) is 22.4 Å². The van der Waals surface area contributed by atoms with Crippen LogP contribution in [0.2, 0.25) is 0 Å². The molecular weight excluding hydrogens is 288 g/mol. The Morgan fingerprint density at radius 3 is 2.71 bits per heavy atom. The molecule has 1 N–H and O–H groups in total. The van der Waals surface area contributed by atoms with Crippen molar-refractivity contribution in [1.82, 2.24) is 15.3 Å². The summed E-state index contributed by atoms with van der Waals surface area (Å²) < 4.78 is 5.50. The van der Waals surface area contributed by atoms with Crippen molar-refractivity contribution in [3.8, 4) is 0 Å². The number of aryl methyl sites for hydroxylation is 2. The highest BCUT2D eigenvalue weighted by Crippen LogP contribution is 2.20. The molecule has 6 nitrogen and oxygen atoms in total. The number of carbonyl (C=O) groups excluding carboxylic acids is 1. The van der Waals surface area contributed by atoms with E-state index in [-0.39, 0.29) is 5.91 Å².